The fourth-order valence-corrected chi connectivity index (χ4v) is 2.29. The van der Waals surface area contributed by atoms with E-state index >= 15 is 0 Å². The highest BCUT2D eigenvalue weighted by atomic mass is 32.2. The van der Waals surface area contributed by atoms with Crippen LogP contribution >= 0.6 is 0 Å². The van der Waals surface area contributed by atoms with Gasteiger partial charge in [-0.2, -0.15) is 0 Å². The minimum atomic E-state index is -3.08. The first-order valence-corrected chi connectivity index (χ1v) is 7.88. The molecule has 0 aliphatic carbocycles. The Bertz CT molecular complexity index is 715. The van der Waals surface area contributed by atoms with Crippen LogP contribution in [0.5, 0.6) is 0 Å². The molecule has 19 heavy (non-hydrogen) atoms. The summed E-state index contributed by atoms with van der Waals surface area (Å²) >= 11 is 0. The Morgan fingerprint density at radius 3 is 2.63 bits per heavy atom. The second kappa shape index (κ2) is 5.05. The number of hydrogen-bond acceptors (Lipinski definition) is 4. The van der Waals surface area contributed by atoms with Gasteiger partial charge in [-0.1, -0.05) is 18.2 Å². The van der Waals surface area contributed by atoms with Gasteiger partial charge in [-0.05, 0) is 13.0 Å². The average Bonchev–Trinajstić information content (AvgIpc) is 2.66. The summed E-state index contributed by atoms with van der Waals surface area (Å²) < 4.78 is 27.4. The highest BCUT2D eigenvalue weighted by molar-refractivity contribution is 7.90. The Kier molecular flexibility index (Phi) is 3.61. The van der Waals surface area contributed by atoms with Crippen LogP contribution in [0.2, 0.25) is 0 Å². The number of sulfone groups is 1. The summed E-state index contributed by atoms with van der Waals surface area (Å²) in [6, 6.07) is 7.36. The van der Waals surface area contributed by atoms with Crippen molar-refractivity contribution in [3.8, 4) is 0 Å². The molecule has 0 unspecified atom stereocenters. The van der Waals surface area contributed by atoms with E-state index in [0.717, 1.165) is 17.2 Å². The summed E-state index contributed by atoms with van der Waals surface area (Å²) in [5, 5.41) is 3.43. The molecule has 1 N–H and O–H groups in total. The molecule has 0 spiro atoms. The first kappa shape index (κ1) is 13.6. The molecular weight excluding hydrogens is 266 g/mol. The quantitative estimate of drug-likeness (QED) is 0.921. The normalized spacial score (nSPS) is 11.7. The standard InChI is InChI=1S/C13H15NO4S/c1-9-10-5-3-4-6-11(10)18-12(9)13(15)14-7-8-19(2,16)17/h3-6H,7-8H2,1-2H3,(H,14,15). The molecule has 0 saturated heterocycles. The van der Waals surface area contributed by atoms with E-state index in [4.69, 9.17) is 4.42 Å². The number of hydrogen-bond donors (Lipinski definition) is 1. The third kappa shape index (κ3) is 3.14. The van der Waals surface area contributed by atoms with Crippen molar-refractivity contribution in [3.63, 3.8) is 0 Å². The fraction of sp³-hybridized carbons (Fsp3) is 0.308. The molecule has 1 heterocycles. The van der Waals surface area contributed by atoms with Gasteiger partial charge in [-0.25, -0.2) is 8.42 Å². The number of carbonyl (C=O) groups is 1. The van der Waals surface area contributed by atoms with Gasteiger partial charge in [0, 0.05) is 23.8 Å². The Labute approximate surface area is 111 Å². The molecule has 1 aromatic heterocycles. The van der Waals surface area contributed by atoms with Crippen LogP contribution in [0.15, 0.2) is 28.7 Å². The van der Waals surface area contributed by atoms with Crippen molar-refractivity contribution in [1.82, 2.24) is 5.32 Å². The molecule has 2 aromatic rings. The molecule has 0 atom stereocenters. The van der Waals surface area contributed by atoms with Crippen molar-refractivity contribution < 1.29 is 17.6 Å². The highest BCUT2D eigenvalue weighted by Gasteiger charge is 2.17. The van der Waals surface area contributed by atoms with Gasteiger partial charge < -0.3 is 9.73 Å². The Hall–Kier alpha value is -1.82. The van der Waals surface area contributed by atoms with Crippen molar-refractivity contribution >= 4 is 26.7 Å². The van der Waals surface area contributed by atoms with Crippen LogP contribution in [0, 0.1) is 6.92 Å². The van der Waals surface area contributed by atoms with Crippen LogP contribution in [0.4, 0.5) is 0 Å². The molecule has 102 valence electrons. The largest absolute Gasteiger partial charge is 0.451 e. The molecule has 0 saturated carbocycles. The summed E-state index contributed by atoms with van der Waals surface area (Å²) in [5.41, 5.74) is 1.40. The van der Waals surface area contributed by atoms with E-state index in [-0.39, 0.29) is 18.1 Å². The molecule has 2 rings (SSSR count). The number of furan rings is 1. The minimum Gasteiger partial charge on any atom is -0.451 e. The Morgan fingerprint density at radius 2 is 2.00 bits per heavy atom. The van der Waals surface area contributed by atoms with Crippen molar-refractivity contribution in [1.29, 1.82) is 0 Å². The Balaban J connectivity index is 2.16. The topological polar surface area (TPSA) is 76.4 Å². The molecule has 5 nitrogen and oxygen atoms in total. The molecule has 1 amide bonds. The summed E-state index contributed by atoms with van der Waals surface area (Å²) in [4.78, 5) is 11.9. The molecule has 0 aliphatic heterocycles. The van der Waals surface area contributed by atoms with Gasteiger partial charge in [0.1, 0.15) is 15.4 Å². The lowest BCUT2D eigenvalue weighted by atomic mass is 10.1. The fourth-order valence-electron chi connectivity index (χ4n) is 1.82. The lowest BCUT2D eigenvalue weighted by Crippen LogP contribution is -2.28. The van der Waals surface area contributed by atoms with Crippen LogP contribution in [0.25, 0.3) is 11.0 Å². The maximum absolute atomic E-state index is 11.9. The lowest BCUT2D eigenvalue weighted by molar-refractivity contribution is 0.0930. The average molecular weight is 281 g/mol. The van der Waals surface area contributed by atoms with Gasteiger partial charge in [0.15, 0.2) is 5.76 Å². The van der Waals surface area contributed by atoms with Crippen molar-refractivity contribution in [3.05, 3.63) is 35.6 Å². The van der Waals surface area contributed by atoms with Gasteiger partial charge in [0.05, 0.1) is 5.75 Å². The van der Waals surface area contributed by atoms with Gasteiger partial charge in [0.25, 0.3) is 5.91 Å². The van der Waals surface area contributed by atoms with Gasteiger partial charge >= 0.3 is 0 Å². The molecule has 0 fully saturated rings. The van der Waals surface area contributed by atoms with Crippen LogP contribution in [-0.2, 0) is 9.84 Å². The van der Waals surface area contributed by atoms with Crippen LogP contribution in [0.1, 0.15) is 16.1 Å². The van der Waals surface area contributed by atoms with Gasteiger partial charge in [-0.3, -0.25) is 4.79 Å². The molecule has 0 radical (unpaired) electrons. The monoisotopic (exact) mass is 281 g/mol. The molecular formula is C13H15NO4S. The molecule has 0 bridgehead atoms. The summed E-state index contributed by atoms with van der Waals surface area (Å²) in [6.45, 7) is 1.88. The maximum Gasteiger partial charge on any atom is 0.287 e. The lowest BCUT2D eigenvalue weighted by Gasteiger charge is -2.02. The SMILES string of the molecule is Cc1c(C(=O)NCCS(C)(=O)=O)oc2ccccc12. The Morgan fingerprint density at radius 1 is 1.32 bits per heavy atom. The first-order chi connectivity index (χ1) is 8.88. The van der Waals surface area contributed by atoms with Crippen LogP contribution < -0.4 is 5.32 Å². The number of aryl methyl sites for hydroxylation is 1. The third-order valence-electron chi connectivity index (χ3n) is 2.81. The second-order valence-corrected chi connectivity index (χ2v) is 6.70. The number of para-hydroxylation sites is 1. The van der Waals surface area contributed by atoms with Crippen molar-refractivity contribution in [2.75, 3.05) is 18.6 Å². The van der Waals surface area contributed by atoms with Crippen molar-refractivity contribution in [2.45, 2.75) is 6.92 Å². The summed E-state index contributed by atoms with van der Waals surface area (Å²) in [7, 11) is -3.08. The van der Waals surface area contributed by atoms with E-state index in [9.17, 15) is 13.2 Å². The smallest absolute Gasteiger partial charge is 0.287 e. The van der Waals surface area contributed by atoms with Crippen LogP contribution in [0.3, 0.4) is 0 Å². The maximum atomic E-state index is 11.9. The summed E-state index contributed by atoms with van der Waals surface area (Å²) in [5.74, 6) is -0.245. The third-order valence-corrected chi connectivity index (χ3v) is 3.75. The zero-order chi connectivity index (χ0) is 14.0. The van der Waals surface area contributed by atoms with E-state index in [2.05, 4.69) is 5.32 Å². The second-order valence-electron chi connectivity index (χ2n) is 4.44. The van der Waals surface area contributed by atoms with Gasteiger partial charge in [0.2, 0.25) is 0 Å². The van der Waals surface area contributed by atoms with Gasteiger partial charge in [-0.15, -0.1) is 0 Å². The number of benzene rings is 1. The summed E-state index contributed by atoms with van der Waals surface area (Å²) in [6.07, 6.45) is 1.13. The number of rotatable bonds is 4. The van der Waals surface area contributed by atoms with E-state index in [0.29, 0.717) is 5.58 Å². The molecule has 1 aromatic carbocycles. The molecule has 0 aliphatic rings. The number of amides is 1. The van der Waals surface area contributed by atoms with E-state index in [1.165, 1.54) is 0 Å². The minimum absolute atomic E-state index is 0.0775. The predicted molar refractivity (Wildman–Crippen MR) is 73.0 cm³/mol. The molecule has 6 heteroatoms. The zero-order valence-corrected chi connectivity index (χ0v) is 11.6. The van der Waals surface area contributed by atoms with E-state index < -0.39 is 15.7 Å². The predicted octanol–water partition coefficient (Wildman–Crippen LogP) is 1.52. The zero-order valence-electron chi connectivity index (χ0n) is 10.8. The number of nitrogens with one attached hydrogen (secondary N) is 1. The number of fused-ring (bicyclic) bond motifs is 1. The highest BCUT2D eigenvalue weighted by Crippen LogP contribution is 2.24. The van der Waals surface area contributed by atoms with E-state index in [1.54, 1.807) is 13.0 Å². The van der Waals surface area contributed by atoms with E-state index in [1.807, 2.05) is 18.2 Å². The van der Waals surface area contributed by atoms with Crippen LogP contribution in [-0.4, -0.2) is 32.9 Å². The number of carbonyl (C=O) groups excluding carboxylic acids is 1. The first-order valence-electron chi connectivity index (χ1n) is 5.82. The van der Waals surface area contributed by atoms with Crippen molar-refractivity contribution in [2.24, 2.45) is 0 Å².